The third-order valence-electron chi connectivity index (χ3n) is 3.62. The minimum atomic E-state index is -1.09. The molecular formula is C16H15N3O2S. The molecule has 1 saturated carbocycles. The molecule has 0 aliphatic heterocycles. The molecule has 0 radical (unpaired) electrons. The minimum Gasteiger partial charge on any atom is -0.476 e. The van der Waals surface area contributed by atoms with Gasteiger partial charge in [0.15, 0.2) is 0 Å². The largest absolute Gasteiger partial charge is 0.476 e. The highest BCUT2D eigenvalue weighted by atomic mass is 32.2. The summed E-state index contributed by atoms with van der Waals surface area (Å²) in [6.45, 7) is 0. The molecule has 6 heteroatoms. The first-order valence-corrected chi connectivity index (χ1v) is 7.95. The molecule has 1 fully saturated rings. The molecule has 1 aliphatic rings. The average Bonchev–Trinajstić information content (AvgIpc) is 2.90. The van der Waals surface area contributed by atoms with E-state index in [1.165, 1.54) is 31.0 Å². The van der Waals surface area contributed by atoms with Crippen molar-refractivity contribution in [2.75, 3.05) is 0 Å². The van der Waals surface area contributed by atoms with Crippen LogP contribution in [0.5, 0.6) is 0 Å². The van der Waals surface area contributed by atoms with Gasteiger partial charge in [-0.3, -0.25) is 5.10 Å². The molecule has 3 rings (SSSR count). The number of H-pyrrole nitrogens is 1. The third-order valence-corrected chi connectivity index (χ3v) is 4.60. The average molecular weight is 313 g/mol. The van der Waals surface area contributed by atoms with Crippen molar-refractivity contribution in [3.8, 4) is 11.8 Å². The predicted octanol–water partition coefficient (Wildman–Crippen LogP) is 3.20. The van der Waals surface area contributed by atoms with E-state index in [4.69, 9.17) is 5.11 Å². The Hall–Kier alpha value is -2.26. The van der Waals surface area contributed by atoms with Crippen LogP contribution >= 0.6 is 11.8 Å². The van der Waals surface area contributed by atoms with Gasteiger partial charge in [0, 0.05) is 16.9 Å². The van der Waals surface area contributed by atoms with Crippen molar-refractivity contribution in [1.29, 1.82) is 0 Å². The zero-order chi connectivity index (χ0) is 15.4. The van der Waals surface area contributed by atoms with Gasteiger partial charge >= 0.3 is 5.97 Å². The lowest BCUT2D eigenvalue weighted by Crippen LogP contribution is -2.09. The summed E-state index contributed by atoms with van der Waals surface area (Å²) in [5, 5.41) is 19.2. The number of nitrogens with one attached hydrogen (secondary N) is 1. The molecule has 1 heterocycles. The van der Waals surface area contributed by atoms with Gasteiger partial charge in [-0.15, -0.1) is 5.10 Å². The van der Waals surface area contributed by atoms with E-state index >= 15 is 0 Å². The molecule has 1 aromatic carbocycles. The fourth-order valence-corrected chi connectivity index (χ4v) is 3.06. The normalized spacial score (nSPS) is 14.0. The lowest BCUT2D eigenvalue weighted by Gasteiger charge is -2.22. The van der Waals surface area contributed by atoms with Gasteiger partial charge < -0.3 is 5.11 Å². The number of aromatic nitrogens is 3. The minimum absolute atomic E-state index is 0.0635. The summed E-state index contributed by atoms with van der Waals surface area (Å²) in [4.78, 5) is 11.9. The molecule has 0 spiro atoms. The smallest absolute Gasteiger partial charge is 0.359 e. The zero-order valence-electron chi connectivity index (χ0n) is 11.9. The molecule has 0 saturated heterocycles. The number of hydrogen-bond donors (Lipinski definition) is 2. The predicted molar refractivity (Wildman–Crippen MR) is 82.7 cm³/mol. The van der Waals surface area contributed by atoms with E-state index in [-0.39, 0.29) is 5.69 Å². The number of aromatic carboxylic acids is 1. The van der Waals surface area contributed by atoms with Crippen LogP contribution in [-0.2, 0) is 0 Å². The summed E-state index contributed by atoms with van der Waals surface area (Å²) in [7, 11) is 0. The lowest BCUT2D eigenvalue weighted by molar-refractivity contribution is 0.0686. The van der Waals surface area contributed by atoms with Crippen LogP contribution < -0.4 is 0 Å². The van der Waals surface area contributed by atoms with Crippen molar-refractivity contribution in [2.24, 2.45) is 5.92 Å². The summed E-state index contributed by atoms with van der Waals surface area (Å²) in [5.41, 5.74) is 0.875. The number of aromatic amines is 1. The van der Waals surface area contributed by atoms with E-state index in [0.717, 1.165) is 22.8 Å². The second-order valence-electron chi connectivity index (χ2n) is 5.23. The van der Waals surface area contributed by atoms with Crippen molar-refractivity contribution in [3.63, 3.8) is 0 Å². The van der Waals surface area contributed by atoms with Crippen LogP contribution in [0.25, 0.3) is 0 Å². The van der Waals surface area contributed by atoms with Crippen molar-refractivity contribution >= 4 is 17.7 Å². The fourth-order valence-electron chi connectivity index (χ4n) is 2.18. The summed E-state index contributed by atoms with van der Waals surface area (Å²) in [6.07, 6.45) is 4.90. The molecule has 112 valence electrons. The Balaban J connectivity index is 1.70. The number of carbonyl (C=O) groups is 1. The van der Waals surface area contributed by atoms with Gasteiger partial charge in [-0.05, 0) is 37.0 Å². The Labute approximate surface area is 132 Å². The first kappa shape index (κ1) is 14.7. The highest BCUT2D eigenvalue weighted by Crippen LogP contribution is 2.29. The third kappa shape index (κ3) is 3.49. The maximum absolute atomic E-state index is 11.0. The highest BCUT2D eigenvalue weighted by Gasteiger charge is 2.16. The Morgan fingerprint density at radius 3 is 3.05 bits per heavy atom. The van der Waals surface area contributed by atoms with Crippen LogP contribution in [0.3, 0.4) is 0 Å². The lowest BCUT2D eigenvalue weighted by atomic mass is 9.83. The number of nitrogens with zero attached hydrogens (tertiary/aromatic N) is 2. The fraction of sp³-hybridized carbons (Fsp3) is 0.312. The molecular weight excluding hydrogens is 298 g/mol. The highest BCUT2D eigenvalue weighted by molar-refractivity contribution is 7.99. The SMILES string of the molecule is O=C(O)c1nn[nH]c1Sc1cccc(C#CCC2CCC2)c1. The Morgan fingerprint density at radius 1 is 1.45 bits per heavy atom. The van der Waals surface area contributed by atoms with Crippen LogP contribution in [-0.4, -0.2) is 26.5 Å². The van der Waals surface area contributed by atoms with Gasteiger partial charge in [0.2, 0.25) is 5.69 Å². The summed E-state index contributed by atoms with van der Waals surface area (Å²) in [6, 6.07) is 7.74. The Bertz CT molecular complexity index is 741. The number of carboxylic acid groups (broad SMARTS) is 1. The quantitative estimate of drug-likeness (QED) is 0.847. The molecule has 1 aromatic heterocycles. The van der Waals surface area contributed by atoms with Crippen LogP contribution in [0.2, 0.25) is 0 Å². The zero-order valence-corrected chi connectivity index (χ0v) is 12.7. The second kappa shape index (κ2) is 6.67. The van der Waals surface area contributed by atoms with Crippen LogP contribution in [0.4, 0.5) is 0 Å². The summed E-state index contributed by atoms with van der Waals surface area (Å²) in [5.74, 6) is 6.10. The molecule has 0 bridgehead atoms. The van der Waals surface area contributed by atoms with Crippen LogP contribution in [0.1, 0.15) is 41.7 Å². The second-order valence-corrected chi connectivity index (χ2v) is 6.31. The van der Waals surface area contributed by atoms with Crippen molar-refractivity contribution < 1.29 is 9.90 Å². The standard InChI is InChI=1S/C16H15N3O2S/c20-16(21)14-15(18-19-17-14)22-13-9-3-8-12(10-13)7-2-6-11-4-1-5-11/h3,8-11H,1,4-6H2,(H,20,21)(H,17,18,19). The van der Waals surface area contributed by atoms with E-state index in [2.05, 4.69) is 27.3 Å². The van der Waals surface area contributed by atoms with Crippen LogP contribution in [0.15, 0.2) is 34.2 Å². The van der Waals surface area contributed by atoms with E-state index in [1.54, 1.807) is 0 Å². The summed E-state index contributed by atoms with van der Waals surface area (Å²) < 4.78 is 0. The molecule has 0 amide bonds. The van der Waals surface area contributed by atoms with Gasteiger partial charge in [-0.25, -0.2) is 4.79 Å². The van der Waals surface area contributed by atoms with E-state index in [0.29, 0.717) is 5.03 Å². The van der Waals surface area contributed by atoms with Crippen molar-refractivity contribution in [1.82, 2.24) is 15.4 Å². The molecule has 0 unspecified atom stereocenters. The number of hydrogen-bond acceptors (Lipinski definition) is 4. The first-order chi connectivity index (χ1) is 10.7. The molecule has 2 aromatic rings. The van der Waals surface area contributed by atoms with Crippen molar-refractivity contribution in [3.05, 3.63) is 35.5 Å². The molecule has 1 aliphatic carbocycles. The van der Waals surface area contributed by atoms with Gasteiger partial charge in [0.25, 0.3) is 0 Å². The van der Waals surface area contributed by atoms with Gasteiger partial charge in [0.05, 0.1) is 0 Å². The Morgan fingerprint density at radius 2 is 2.32 bits per heavy atom. The van der Waals surface area contributed by atoms with Gasteiger partial charge in [-0.1, -0.05) is 41.3 Å². The first-order valence-electron chi connectivity index (χ1n) is 7.13. The van der Waals surface area contributed by atoms with Crippen LogP contribution in [0, 0.1) is 17.8 Å². The van der Waals surface area contributed by atoms with Gasteiger partial charge in [0.1, 0.15) is 5.03 Å². The molecule has 2 N–H and O–H groups in total. The molecule has 0 atom stereocenters. The van der Waals surface area contributed by atoms with E-state index in [9.17, 15) is 4.79 Å². The number of benzene rings is 1. The Kier molecular flexibility index (Phi) is 4.45. The topological polar surface area (TPSA) is 78.9 Å². The monoisotopic (exact) mass is 313 g/mol. The van der Waals surface area contributed by atoms with Crippen molar-refractivity contribution in [2.45, 2.75) is 35.6 Å². The summed E-state index contributed by atoms with van der Waals surface area (Å²) >= 11 is 1.29. The van der Waals surface area contributed by atoms with E-state index < -0.39 is 5.97 Å². The maximum atomic E-state index is 11.0. The van der Waals surface area contributed by atoms with E-state index in [1.807, 2.05) is 24.3 Å². The van der Waals surface area contributed by atoms with Gasteiger partial charge in [-0.2, -0.15) is 0 Å². The molecule has 5 nitrogen and oxygen atoms in total. The number of carboxylic acids is 1. The number of rotatable bonds is 4. The maximum Gasteiger partial charge on any atom is 0.359 e. The molecule has 22 heavy (non-hydrogen) atoms.